The summed E-state index contributed by atoms with van der Waals surface area (Å²) in [6.45, 7) is 1.97. The van der Waals surface area contributed by atoms with Crippen molar-refractivity contribution in [3.63, 3.8) is 0 Å². The van der Waals surface area contributed by atoms with Gasteiger partial charge in [-0.2, -0.15) is 0 Å². The van der Waals surface area contributed by atoms with Crippen LogP contribution in [0.15, 0.2) is 23.6 Å². The van der Waals surface area contributed by atoms with Gasteiger partial charge in [0.1, 0.15) is 0 Å². The molecule has 2 N–H and O–H groups in total. The van der Waals surface area contributed by atoms with Crippen LogP contribution in [-0.4, -0.2) is 6.03 Å². The van der Waals surface area contributed by atoms with E-state index >= 15 is 0 Å². The molecule has 2 aromatic rings. The monoisotopic (exact) mass is 320 g/mol. The number of fused-ring (bicyclic) bond motifs is 1. The minimum Gasteiger partial charge on any atom is -0.307 e. The number of halogens is 1. The smallest absolute Gasteiger partial charge is 0.307 e. The first kappa shape index (κ1) is 14.4. The van der Waals surface area contributed by atoms with Crippen LogP contribution in [0.2, 0.25) is 5.02 Å². The summed E-state index contributed by atoms with van der Waals surface area (Å²) in [6, 6.07) is 5.33. The van der Waals surface area contributed by atoms with Gasteiger partial charge in [-0.1, -0.05) is 17.7 Å². The van der Waals surface area contributed by atoms with Crippen LogP contribution in [-0.2, 0) is 12.8 Å². The molecule has 0 saturated heterocycles. The summed E-state index contributed by atoms with van der Waals surface area (Å²) < 4.78 is 0. The molecule has 2 amide bonds. The van der Waals surface area contributed by atoms with E-state index in [-0.39, 0.29) is 6.03 Å². The van der Waals surface area contributed by atoms with Gasteiger partial charge in [0.05, 0.1) is 16.4 Å². The predicted molar refractivity (Wildman–Crippen MR) is 89.8 cm³/mol. The number of carbonyl (C=O) groups is 1. The number of rotatable bonds is 2. The molecule has 0 radical (unpaired) electrons. The van der Waals surface area contributed by atoms with Gasteiger partial charge in [-0.25, -0.2) is 4.79 Å². The molecule has 5 heteroatoms. The summed E-state index contributed by atoms with van der Waals surface area (Å²) in [6.07, 6.45) is 4.63. The molecule has 0 unspecified atom stereocenters. The van der Waals surface area contributed by atoms with E-state index in [4.69, 9.17) is 11.6 Å². The Bertz CT molecular complexity index is 681. The molecule has 1 aromatic carbocycles. The van der Waals surface area contributed by atoms with Gasteiger partial charge >= 0.3 is 6.03 Å². The number of urea groups is 1. The maximum absolute atomic E-state index is 12.2. The Morgan fingerprint density at radius 3 is 2.81 bits per heavy atom. The number of hydrogen-bond acceptors (Lipinski definition) is 2. The normalized spacial score (nSPS) is 13.6. The SMILES string of the molecule is Cc1ccc(Cl)c(NC(=O)Nc2csc3c2CCCC3)c1. The Morgan fingerprint density at radius 1 is 1.19 bits per heavy atom. The number of anilines is 2. The van der Waals surface area contributed by atoms with Crippen molar-refractivity contribution in [2.24, 2.45) is 0 Å². The average molecular weight is 321 g/mol. The van der Waals surface area contributed by atoms with Crippen LogP contribution in [0.1, 0.15) is 28.8 Å². The topological polar surface area (TPSA) is 41.1 Å². The summed E-state index contributed by atoms with van der Waals surface area (Å²) in [5, 5.41) is 8.35. The van der Waals surface area contributed by atoms with Crippen LogP contribution in [0.5, 0.6) is 0 Å². The molecular weight excluding hydrogens is 304 g/mol. The van der Waals surface area contributed by atoms with E-state index in [0.29, 0.717) is 10.7 Å². The van der Waals surface area contributed by atoms with Crippen molar-refractivity contribution in [1.29, 1.82) is 0 Å². The van der Waals surface area contributed by atoms with Crippen LogP contribution in [0, 0.1) is 6.92 Å². The highest BCUT2D eigenvalue weighted by atomic mass is 35.5. The molecule has 1 aliphatic carbocycles. The van der Waals surface area contributed by atoms with Gasteiger partial charge in [0.25, 0.3) is 0 Å². The van der Waals surface area contributed by atoms with Crippen LogP contribution in [0.25, 0.3) is 0 Å². The molecule has 1 aromatic heterocycles. The first-order chi connectivity index (χ1) is 10.1. The van der Waals surface area contributed by atoms with Crippen molar-refractivity contribution in [1.82, 2.24) is 0 Å². The lowest BCUT2D eigenvalue weighted by molar-refractivity contribution is 0.262. The fourth-order valence-corrected chi connectivity index (χ4v) is 3.85. The zero-order chi connectivity index (χ0) is 14.8. The number of nitrogens with one attached hydrogen (secondary N) is 2. The number of aryl methyl sites for hydroxylation is 2. The highest BCUT2D eigenvalue weighted by molar-refractivity contribution is 7.10. The number of hydrogen-bond donors (Lipinski definition) is 2. The second-order valence-corrected chi connectivity index (χ2v) is 6.69. The third kappa shape index (κ3) is 3.22. The molecule has 0 bridgehead atoms. The summed E-state index contributed by atoms with van der Waals surface area (Å²) in [4.78, 5) is 13.6. The van der Waals surface area contributed by atoms with Crippen molar-refractivity contribution >= 4 is 40.3 Å². The molecule has 110 valence electrons. The van der Waals surface area contributed by atoms with E-state index in [1.165, 1.54) is 23.3 Å². The maximum Gasteiger partial charge on any atom is 0.323 e. The van der Waals surface area contributed by atoms with Gasteiger partial charge in [-0.05, 0) is 55.9 Å². The lowest BCUT2D eigenvalue weighted by Crippen LogP contribution is -2.20. The Morgan fingerprint density at radius 2 is 1.95 bits per heavy atom. The Balaban J connectivity index is 1.72. The van der Waals surface area contributed by atoms with E-state index in [0.717, 1.165) is 24.1 Å². The van der Waals surface area contributed by atoms with Gasteiger partial charge in [0.15, 0.2) is 0 Å². The fourth-order valence-electron chi connectivity index (χ4n) is 2.61. The quantitative estimate of drug-likeness (QED) is 0.781. The van der Waals surface area contributed by atoms with Crippen LogP contribution in [0.4, 0.5) is 16.2 Å². The standard InChI is InChI=1S/C16H17ClN2OS/c1-10-6-7-12(17)13(8-10)18-16(20)19-14-9-21-15-5-3-2-4-11(14)15/h6-9H,2-5H2,1H3,(H2,18,19,20). The highest BCUT2D eigenvalue weighted by Gasteiger charge is 2.17. The predicted octanol–water partition coefficient (Wildman–Crippen LogP) is 5.23. The maximum atomic E-state index is 12.2. The lowest BCUT2D eigenvalue weighted by Gasteiger charge is -2.14. The van der Waals surface area contributed by atoms with Crippen molar-refractivity contribution in [3.8, 4) is 0 Å². The van der Waals surface area contributed by atoms with Crippen LogP contribution >= 0.6 is 22.9 Å². The number of benzene rings is 1. The Kier molecular flexibility index (Phi) is 4.17. The van der Waals surface area contributed by atoms with Crippen molar-refractivity contribution in [2.45, 2.75) is 32.6 Å². The summed E-state index contributed by atoms with van der Waals surface area (Å²) in [5.74, 6) is 0. The van der Waals surface area contributed by atoms with Crippen LogP contribution in [0.3, 0.4) is 0 Å². The van der Waals surface area contributed by atoms with Crippen molar-refractivity contribution < 1.29 is 4.79 Å². The largest absolute Gasteiger partial charge is 0.323 e. The minimum absolute atomic E-state index is 0.242. The molecule has 1 heterocycles. The number of thiophene rings is 1. The van der Waals surface area contributed by atoms with Gasteiger partial charge in [-0.3, -0.25) is 0 Å². The van der Waals surface area contributed by atoms with E-state index in [2.05, 4.69) is 10.6 Å². The van der Waals surface area contributed by atoms with Gasteiger partial charge < -0.3 is 10.6 Å². The molecule has 0 atom stereocenters. The van der Waals surface area contributed by atoms with Crippen molar-refractivity contribution in [3.05, 3.63) is 44.6 Å². The number of amides is 2. The van der Waals surface area contributed by atoms with Gasteiger partial charge in [0, 0.05) is 10.3 Å². The molecule has 3 nitrogen and oxygen atoms in total. The summed E-state index contributed by atoms with van der Waals surface area (Å²) in [5.41, 5.74) is 3.94. The van der Waals surface area contributed by atoms with Crippen LogP contribution < -0.4 is 10.6 Å². The minimum atomic E-state index is -0.242. The lowest BCUT2D eigenvalue weighted by atomic mass is 9.98. The molecule has 0 fully saturated rings. The zero-order valence-corrected chi connectivity index (χ0v) is 13.4. The first-order valence-electron chi connectivity index (χ1n) is 7.07. The van der Waals surface area contributed by atoms with Crippen molar-refractivity contribution in [2.75, 3.05) is 10.6 Å². The first-order valence-corrected chi connectivity index (χ1v) is 8.32. The second-order valence-electron chi connectivity index (χ2n) is 5.32. The molecular formula is C16H17ClN2OS. The molecule has 21 heavy (non-hydrogen) atoms. The molecule has 0 saturated carbocycles. The molecule has 3 rings (SSSR count). The Labute approximate surface area is 133 Å². The number of carbonyl (C=O) groups excluding carboxylic acids is 1. The third-order valence-corrected chi connectivity index (χ3v) is 5.10. The van der Waals surface area contributed by atoms with Gasteiger partial charge in [-0.15, -0.1) is 11.3 Å². The van der Waals surface area contributed by atoms with Gasteiger partial charge in [0.2, 0.25) is 0 Å². The zero-order valence-electron chi connectivity index (χ0n) is 11.8. The fraction of sp³-hybridized carbons (Fsp3) is 0.312. The second kappa shape index (κ2) is 6.08. The Hall–Kier alpha value is -1.52. The summed E-state index contributed by atoms with van der Waals surface area (Å²) >= 11 is 7.83. The van der Waals surface area contributed by atoms with E-state index in [1.54, 1.807) is 17.4 Å². The van der Waals surface area contributed by atoms with E-state index < -0.39 is 0 Å². The summed E-state index contributed by atoms with van der Waals surface area (Å²) in [7, 11) is 0. The van der Waals surface area contributed by atoms with E-state index in [9.17, 15) is 4.79 Å². The highest BCUT2D eigenvalue weighted by Crippen LogP contribution is 2.33. The molecule has 1 aliphatic rings. The average Bonchev–Trinajstić information content (AvgIpc) is 2.86. The third-order valence-electron chi connectivity index (χ3n) is 3.68. The molecule has 0 aliphatic heterocycles. The van der Waals surface area contributed by atoms with E-state index in [1.807, 2.05) is 24.4 Å². The molecule has 0 spiro atoms.